The fraction of sp³-hybridized carbons (Fsp3) is 0.333. The first-order valence-electron chi connectivity index (χ1n) is 7.75. The Labute approximate surface area is 137 Å². The van der Waals surface area contributed by atoms with Crippen molar-refractivity contribution in [3.63, 3.8) is 0 Å². The van der Waals surface area contributed by atoms with Crippen LogP contribution in [0.1, 0.15) is 18.1 Å². The Balaban J connectivity index is 1.74. The minimum atomic E-state index is -3.24. The molecule has 1 heterocycles. The van der Waals surface area contributed by atoms with Crippen LogP contribution in [0.4, 0.5) is 5.69 Å². The van der Waals surface area contributed by atoms with Gasteiger partial charge in [0.1, 0.15) is 0 Å². The summed E-state index contributed by atoms with van der Waals surface area (Å²) in [4.78, 5) is 0.343. The van der Waals surface area contributed by atoms with Gasteiger partial charge in [-0.3, -0.25) is 0 Å². The van der Waals surface area contributed by atoms with Crippen molar-refractivity contribution in [3.05, 3.63) is 60.2 Å². The van der Waals surface area contributed by atoms with Gasteiger partial charge in [-0.15, -0.1) is 0 Å². The molecule has 0 spiro atoms. The molecule has 0 amide bonds. The highest BCUT2D eigenvalue weighted by molar-refractivity contribution is 7.90. The Morgan fingerprint density at radius 3 is 2.52 bits per heavy atom. The predicted octanol–water partition coefficient (Wildman–Crippen LogP) is 3.28. The van der Waals surface area contributed by atoms with Crippen LogP contribution in [-0.4, -0.2) is 27.8 Å². The van der Waals surface area contributed by atoms with Gasteiger partial charge < -0.3 is 10.1 Å². The molecule has 1 saturated heterocycles. The molecule has 23 heavy (non-hydrogen) atoms. The molecule has 0 saturated carbocycles. The number of para-hydroxylation sites is 1. The van der Waals surface area contributed by atoms with Gasteiger partial charge in [0.2, 0.25) is 0 Å². The Hall–Kier alpha value is -1.85. The normalized spacial score (nSPS) is 21.3. The Morgan fingerprint density at radius 2 is 1.78 bits per heavy atom. The predicted molar refractivity (Wildman–Crippen MR) is 91.3 cm³/mol. The van der Waals surface area contributed by atoms with Crippen LogP contribution in [-0.2, 0) is 14.6 Å². The first-order valence-corrected chi connectivity index (χ1v) is 9.64. The van der Waals surface area contributed by atoms with Crippen molar-refractivity contribution in [3.8, 4) is 0 Å². The molecule has 2 unspecified atom stereocenters. The quantitative estimate of drug-likeness (QED) is 0.913. The lowest BCUT2D eigenvalue weighted by molar-refractivity contribution is 0.0933. The number of anilines is 1. The number of ether oxygens (including phenoxy) is 1. The summed E-state index contributed by atoms with van der Waals surface area (Å²) in [6.45, 7) is 1.42. The van der Waals surface area contributed by atoms with E-state index in [0.29, 0.717) is 23.0 Å². The topological polar surface area (TPSA) is 55.4 Å². The van der Waals surface area contributed by atoms with Crippen LogP contribution < -0.4 is 5.32 Å². The second kappa shape index (κ2) is 6.72. The minimum absolute atomic E-state index is 0.0640. The summed E-state index contributed by atoms with van der Waals surface area (Å²) >= 11 is 0. The number of sulfone groups is 1. The molecular formula is C18H21NO3S. The first kappa shape index (κ1) is 16.0. The summed E-state index contributed by atoms with van der Waals surface area (Å²) in [7, 11) is -3.24. The average Bonchev–Trinajstić information content (AvgIpc) is 3.02. The van der Waals surface area contributed by atoms with E-state index in [1.54, 1.807) is 12.1 Å². The molecular weight excluding hydrogens is 310 g/mol. The van der Waals surface area contributed by atoms with E-state index in [0.717, 1.165) is 13.0 Å². The summed E-state index contributed by atoms with van der Waals surface area (Å²) in [6, 6.07) is 17.2. The van der Waals surface area contributed by atoms with Crippen LogP contribution in [0.25, 0.3) is 0 Å². The highest BCUT2D eigenvalue weighted by Gasteiger charge is 2.29. The van der Waals surface area contributed by atoms with Gasteiger partial charge >= 0.3 is 0 Å². The van der Waals surface area contributed by atoms with E-state index < -0.39 is 9.84 Å². The van der Waals surface area contributed by atoms with E-state index in [4.69, 9.17) is 4.74 Å². The zero-order valence-corrected chi connectivity index (χ0v) is 13.9. The molecule has 5 heteroatoms. The molecule has 1 aliphatic heterocycles. The van der Waals surface area contributed by atoms with Crippen molar-refractivity contribution in [2.45, 2.75) is 17.4 Å². The molecule has 2 aromatic rings. The lowest BCUT2D eigenvalue weighted by Crippen LogP contribution is -2.19. The minimum Gasteiger partial charge on any atom is -0.384 e. The third kappa shape index (κ3) is 3.74. The van der Waals surface area contributed by atoms with Crippen molar-refractivity contribution in [2.24, 2.45) is 5.92 Å². The van der Waals surface area contributed by atoms with E-state index in [2.05, 4.69) is 17.4 Å². The highest BCUT2D eigenvalue weighted by atomic mass is 32.2. The molecule has 3 rings (SSSR count). The number of hydrogen-bond acceptors (Lipinski definition) is 4. The van der Waals surface area contributed by atoms with Gasteiger partial charge in [-0.25, -0.2) is 8.42 Å². The van der Waals surface area contributed by atoms with Gasteiger partial charge in [0.15, 0.2) is 9.84 Å². The van der Waals surface area contributed by atoms with Crippen molar-refractivity contribution in [1.29, 1.82) is 0 Å². The van der Waals surface area contributed by atoms with Gasteiger partial charge in [0.25, 0.3) is 0 Å². The smallest absolute Gasteiger partial charge is 0.177 e. The maximum Gasteiger partial charge on any atom is 0.177 e. The SMILES string of the molecule is CS(=O)(=O)c1ccccc1NCC1CCOC1c1ccccc1. The summed E-state index contributed by atoms with van der Waals surface area (Å²) in [5.74, 6) is 0.324. The molecule has 2 atom stereocenters. The second-order valence-corrected chi connectivity index (χ2v) is 7.88. The molecule has 0 bridgehead atoms. The first-order chi connectivity index (χ1) is 11.1. The maximum atomic E-state index is 11.9. The fourth-order valence-corrected chi connectivity index (χ4v) is 3.90. The highest BCUT2D eigenvalue weighted by Crippen LogP contribution is 2.35. The van der Waals surface area contributed by atoms with Crippen LogP contribution in [0.3, 0.4) is 0 Å². The van der Waals surface area contributed by atoms with Crippen molar-refractivity contribution >= 4 is 15.5 Å². The Morgan fingerprint density at radius 1 is 1.09 bits per heavy atom. The van der Waals surface area contributed by atoms with E-state index in [-0.39, 0.29) is 6.10 Å². The van der Waals surface area contributed by atoms with Gasteiger partial charge in [-0.1, -0.05) is 42.5 Å². The zero-order chi connectivity index (χ0) is 16.3. The van der Waals surface area contributed by atoms with Crippen molar-refractivity contribution < 1.29 is 13.2 Å². The third-order valence-corrected chi connectivity index (χ3v) is 5.34. The lowest BCUT2D eigenvalue weighted by Gasteiger charge is -2.20. The van der Waals surface area contributed by atoms with Crippen molar-refractivity contribution in [1.82, 2.24) is 0 Å². The average molecular weight is 331 g/mol. The second-order valence-electron chi connectivity index (χ2n) is 5.90. The van der Waals surface area contributed by atoms with Crippen LogP contribution in [0.15, 0.2) is 59.5 Å². The molecule has 1 N–H and O–H groups in total. The summed E-state index contributed by atoms with van der Waals surface area (Å²) in [6.07, 6.45) is 2.26. The molecule has 4 nitrogen and oxygen atoms in total. The number of rotatable bonds is 5. The Kier molecular flexibility index (Phi) is 4.68. The summed E-state index contributed by atoms with van der Waals surface area (Å²) < 4.78 is 29.6. The molecule has 0 aromatic heterocycles. The molecule has 2 aromatic carbocycles. The van der Waals surface area contributed by atoms with Crippen LogP contribution in [0.5, 0.6) is 0 Å². The third-order valence-electron chi connectivity index (χ3n) is 4.18. The van der Waals surface area contributed by atoms with Crippen LogP contribution >= 0.6 is 0 Å². The van der Waals surface area contributed by atoms with Crippen LogP contribution in [0, 0.1) is 5.92 Å². The Bertz CT molecular complexity index is 759. The van der Waals surface area contributed by atoms with Gasteiger partial charge in [-0.05, 0) is 24.1 Å². The van der Waals surface area contributed by atoms with Crippen molar-refractivity contribution in [2.75, 3.05) is 24.7 Å². The van der Waals surface area contributed by atoms with E-state index in [1.165, 1.54) is 11.8 Å². The summed E-state index contributed by atoms with van der Waals surface area (Å²) in [5.41, 5.74) is 1.84. The number of nitrogens with one attached hydrogen (secondary N) is 1. The molecule has 1 fully saturated rings. The summed E-state index contributed by atoms with van der Waals surface area (Å²) in [5, 5.41) is 3.30. The standard InChI is InChI=1S/C18H21NO3S/c1-23(20,21)17-10-6-5-9-16(17)19-13-15-11-12-22-18(15)14-7-3-2-4-8-14/h2-10,15,18-19H,11-13H2,1H3. The largest absolute Gasteiger partial charge is 0.384 e. The number of hydrogen-bond donors (Lipinski definition) is 1. The molecule has 0 radical (unpaired) electrons. The zero-order valence-electron chi connectivity index (χ0n) is 13.1. The van der Waals surface area contributed by atoms with E-state index in [9.17, 15) is 8.42 Å². The monoisotopic (exact) mass is 331 g/mol. The molecule has 0 aliphatic carbocycles. The lowest BCUT2D eigenvalue weighted by atomic mass is 9.95. The van der Waals surface area contributed by atoms with Gasteiger partial charge in [-0.2, -0.15) is 0 Å². The molecule has 122 valence electrons. The van der Waals surface area contributed by atoms with E-state index >= 15 is 0 Å². The number of benzene rings is 2. The van der Waals surface area contributed by atoms with Gasteiger partial charge in [0, 0.05) is 25.3 Å². The maximum absolute atomic E-state index is 11.9. The fourth-order valence-electron chi connectivity index (χ4n) is 3.03. The van der Waals surface area contributed by atoms with Gasteiger partial charge in [0.05, 0.1) is 16.7 Å². The van der Waals surface area contributed by atoms with Crippen LogP contribution in [0.2, 0.25) is 0 Å². The van der Waals surface area contributed by atoms with E-state index in [1.807, 2.05) is 30.3 Å². The molecule has 1 aliphatic rings.